The monoisotopic (exact) mass is 362 g/mol. The number of hydrogen-bond acceptors (Lipinski definition) is 0. The molecule has 3 rings (SSSR count). The SMILES string of the molecule is CCc1cccc(C)c1[N+]1=CC(C)(c2ccc(CC(C)C)cc2)CC1(C)C. The van der Waals surface area contributed by atoms with Crippen LogP contribution in [0.25, 0.3) is 0 Å². The van der Waals surface area contributed by atoms with Crippen molar-refractivity contribution >= 4 is 11.9 Å². The number of para-hydroxylation sites is 1. The lowest BCUT2D eigenvalue weighted by Crippen LogP contribution is -2.31. The average Bonchev–Trinajstić information content (AvgIpc) is 2.84. The lowest BCUT2D eigenvalue weighted by Gasteiger charge is -2.23. The lowest BCUT2D eigenvalue weighted by molar-refractivity contribution is -0.512. The first-order chi connectivity index (χ1) is 12.7. The van der Waals surface area contributed by atoms with Crippen LogP contribution in [-0.4, -0.2) is 16.3 Å². The number of nitrogens with zero attached hydrogens (tertiary/aromatic N) is 1. The van der Waals surface area contributed by atoms with E-state index in [1.54, 1.807) is 0 Å². The van der Waals surface area contributed by atoms with Gasteiger partial charge in [0.1, 0.15) is 0 Å². The van der Waals surface area contributed by atoms with E-state index in [1.807, 2.05) is 0 Å². The zero-order valence-electron chi connectivity index (χ0n) is 18.3. The Morgan fingerprint density at radius 1 is 1.00 bits per heavy atom. The van der Waals surface area contributed by atoms with Crippen molar-refractivity contribution in [1.82, 2.24) is 0 Å². The van der Waals surface area contributed by atoms with Gasteiger partial charge in [0.15, 0.2) is 11.8 Å². The van der Waals surface area contributed by atoms with Crippen molar-refractivity contribution < 1.29 is 4.58 Å². The van der Waals surface area contributed by atoms with Gasteiger partial charge in [0, 0.05) is 31.4 Å². The summed E-state index contributed by atoms with van der Waals surface area (Å²) in [6.07, 6.45) is 5.84. The second kappa shape index (κ2) is 7.26. The second-order valence-electron chi connectivity index (χ2n) is 9.64. The molecule has 0 aliphatic carbocycles. The van der Waals surface area contributed by atoms with Gasteiger partial charge in [-0.05, 0) is 43.7 Å². The van der Waals surface area contributed by atoms with E-state index in [1.165, 1.54) is 27.9 Å². The summed E-state index contributed by atoms with van der Waals surface area (Å²) in [5, 5.41) is 0. The van der Waals surface area contributed by atoms with E-state index in [2.05, 4.69) is 102 Å². The van der Waals surface area contributed by atoms with Crippen molar-refractivity contribution in [3.8, 4) is 0 Å². The van der Waals surface area contributed by atoms with Crippen LogP contribution in [0.4, 0.5) is 5.69 Å². The largest absolute Gasteiger partial charge is 0.211 e. The third-order valence-electron chi connectivity index (χ3n) is 6.07. The van der Waals surface area contributed by atoms with Crippen molar-refractivity contribution in [3.63, 3.8) is 0 Å². The Labute approximate surface area is 166 Å². The fourth-order valence-corrected chi connectivity index (χ4v) is 4.88. The van der Waals surface area contributed by atoms with Crippen LogP contribution < -0.4 is 0 Å². The van der Waals surface area contributed by atoms with Gasteiger partial charge in [0.05, 0.1) is 5.41 Å². The molecule has 27 heavy (non-hydrogen) atoms. The van der Waals surface area contributed by atoms with Gasteiger partial charge in [-0.25, -0.2) is 0 Å². The van der Waals surface area contributed by atoms with E-state index < -0.39 is 0 Å². The first kappa shape index (κ1) is 19.9. The minimum absolute atomic E-state index is 0.0627. The van der Waals surface area contributed by atoms with Crippen LogP contribution in [0.2, 0.25) is 0 Å². The quantitative estimate of drug-likeness (QED) is 0.526. The molecule has 0 fully saturated rings. The summed E-state index contributed by atoms with van der Waals surface area (Å²) in [6, 6.07) is 16.1. The molecule has 1 aliphatic heterocycles. The van der Waals surface area contributed by atoms with E-state index in [-0.39, 0.29) is 11.0 Å². The summed E-state index contributed by atoms with van der Waals surface area (Å²) in [5.41, 5.74) is 7.25. The standard InChI is InChI=1S/C26H36N/c1-8-22-11-9-10-20(4)24(22)27-18-26(7,17-25(27,5)6)23-14-12-21(13-15-23)16-19(2)3/h9-15,18-19H,8,16-17H2,1-7H3/q+1. The maximum Gasteiger partial charge on any atom is 0.211 e. The molecule has 0 aromatic heterocycles. The van der Waals surface area contributed by atoms with Gasteiger partial charge in [0.2, 0.25) is 5.69 Å². The van der Waals surface area contributed by atoms with Crippen molar-refractivity contribution in [2.75, 3.05) is 0 Å². The molecule has 1 aliphatic rings. The molecule has 1 heterocycles. The van der Waals surface area contributed by atoms with E-state index in [0.717, 1.165) is 19.3 Å². The molecule has 1 unspecified atom stereocenters. The Morgan fingerprint density at radius 3 is 2.26 bits per heavy atom. The Bertz CT molecular complexity index is 839. The number of aryl methyl sites for hydroxylation is 2. The van der Waals surface area contributed by atoms with Gasteiger partial charge in [-0.3, -0.25) is 0 Å². The molecule has 2 aromatic rings. The van der Waals surface area contributed by atoms with Crippen LogP contribution in [-0.2, 0) is 18.3 Å². The predicted molar refractivity (Wildman–Crippen MR) is 118 cm³/mol. The van der Waals surface area contributed by atoms with Gasteiger partial charge in [-0.2, -0.15) is 4.58 Å². The molecule has 1 heteroatoms. The fraction of sp³-hybridized carbons (Fsp3) is 0.500. The molecule has 1 nitrogen and oxygen atoms in total. The smallest absolute Gasteiger partial charge is 0.197 e. The molecule has 0 spiro atoms. The van der Waals surface area contributed by atoms with Gasteiger partial charge in [-0.15, -0.1) is 0 Å². The predicted octanol–water partition coefficient (Wildman–Crippen LogP) is 6.61. The summed E-state index contributed by atoms with van der Waals surface area (Å²) < 4.78 is 2.56. The van der Waals surface area contributed by atoms with Crippen LogP contribution in [0.3, 0.4) is 0 Å². The van der Waals surface area contributed by atoms with Gasteiger partial charge < -0.3 is 0 Å². The molecule has 0 N–H and O–H groups in total. The topological polar surface area (TPSA) is 3.01 Å². The van der Waals surface area contributed by atoms with Crippen molar-refractivity contribution in [1.29, 1.82) is 0 Å². The zero-order chi connectivity index (χ0) is 19.8. The lowest BCUT2D eigenvalue weighted by atomic mass is 9.77. The molecule has 0 saturated heterocycles. The highest BCUT2D eigenvalue weighted by atomic mass is 15.1. The first-order valence-corrected chi connectivity index (χ1v) is 10.5. The Morgan fingerprint density at radius 2 is 1.67 bits per heavy atom. The van der Waals surface area contributed by atoms with Crippen LogP contribution in [0.1, 0.15) is 70.2 Å². The molecule has 0 amide bonds. The summed E-state index contributed by atoms with van der Waals surface area (Å²) in [5.74, 6) is 0.701. The Balaban J connectivity index is 2.04. The van der Waals surface area contributed by atoms with Gasteiger partial charge in [0.25, 0.3) is 0 Å². The maximum absolute atomic E-state index is 2.56. The zero-order valence-corrected chi connectivity index (χ0v) is 18.3. The molecule has 2 aromatic carbocycles. The van der Waals surface area contributed by atoms with E-state index in [0.29, 0.717) is 5.92 Å². The summed E-state index contributed by atoms with van der Waals surface area (Å²) >= 11 is 0. The third-order valence-corrected chi connectivity index (χ3v) is 6.07. The molecular weight excluding hydrogens is 326 g/mol. The second-order valence-corrected chi connectivity index (χ2v) is 9.64. The number of hydrogen-bond donors (Lipinski definition) is 0. The number of rotatable bonds is 5. The minimum atomic E-state index is 0.0627. The van der Waals surface area contributed by atoms with Crippen LogP contribution in [0.15, 0.2) is 42.5 Å². The van der Waals surface area contributed by atoms with E-state index in [9.17, 15) is 0 Å². The van der Waals surface area contributed by atoms with E-state index in [4.69, 9.17) is 0 Å². The normalized spacial score (nSPS) is 21.6. The van der Waals surface area contributed by atoms with E-state index >= 15 is 0 Å². The number of benzene rings is 2. The molecule has 1 atom stereocenters. The van der Waals surface area contributed by atoms with Gasteiger partial charge in [-0.1, -0.05) is 63.2 Å². The highest BCUT2D eigenvalue weighted by molar-refractivity contribution is 5.73. The minimum Gasteiger partial charge on any atom is -0.197 e. The first-order valence-electron chi connectivity index (χ1n) is 10.5. The summed E-state index contributed by atoms with van der Waals surface area (Å²) in [7, 11) is 0. The molecule has 0 saturated carbocycles. The summed E-state index contributed by atoms with van der Waals surface area (Å²) in [4.78, 5) is 0. The third kappa shape index (κ3) is 3.88. The van der Waals surface area contributed by atoms with Crippen LogP contribution >= 0.6 is 0 Å². The average molecular weight is 363 g/mol. The summed E-state index contributed by atoms with van der Waals surface area (Å²) in [6.45, 7) is 16.2. The molecular formula is C26H36N+. The maximum atomic E-state index is 2.56. The van der Waals surface area contributed by atoms with Crippen molar-refractivity contribution in [3.05, 3.63) is 64.7 Å². The highest BCUT2D eigenvalue weighted by Crippen LogP contribution is 2.43. The van der Waals surface area contributed by atoms with Gasteiger partial charge >= 0.3 is 0 Å². The fourth-order valence-electron chi connectivity index (χ4n) is 4.88. The molecule has 0 radical (unpaired) electrons. The van der Waals surface area contributed by atoms with Crippen molar-refractivity contribution in [2.24, 2.45) is 5.92 Å². The Kier molecular flexibility index (Phi) is 5.34. The molecule has 0 bridgehead atoms. The highest BCUT2D eigenvalue weighted by Gasteiger charge is 2.50. The Hall–Kier alpha value is -1.89. The molecule has 144 valence electrons. The van der Waals surface area contributed by atoms with Crippen LogP contribution in [0, 0.1) is 12.8 Å². The van der Waals surface area contributed by atoms with Crippen LogP contribution in [0.5, 0.6) is 0 Å². The van der Waals surface area contributed by atoms with Crippen molar-refractivity contribution in [2.45, 2.75) is 78.7 Å².